The summed E-state index contributed by atoms with van der Waals surface area (Å²) in [4.78, 5) is 2.10. The zero-order valence-corrected chi connectivity index (χ0v) is 15.1. The second kappa shape index (κ2) is 6.93. The van der Waals surface area contributed by atoms with Crippen LogP contribution in [0, 0.1) is 0 Å². The van der Waals surface area contributed by atoms with Crippen LogP contribution < -0.4 is 5.32 Å². The molecule has 1 fully saturated rings. The maximum absolute atomic E-state index is 6.22. The van der Waals surface area contributed by atoms with Gasteiger partial charge in [0, 0.05) is 31.9 Å². The lowest BCUT2D eigenvalue weighted by atomic mass is 10.2. The van der Waals surface area contributed by atoms with E-state index in [1.54, 1.807) is 17.8 Å². The molecular formula is C16H14BrCl2NS. The van der Waals surface area contributed by atoms with Crippen LogP contribution in [0.3, 0.4) is 0 Å². The first-order valence-electron chi connectivity index (χ1n) is 6.76. The van der Waals surface area contributed by atoms with Crippen molar-refractivity contribution >= 4 is 50.9 Å². The molecule has 3 rings (SSSR count). The summed E-state index contributed by atoms with van der Waals surface area (Å²) >= 11 is 17.5. The standard InChI is InChI=1S/C16H14BrCl2NS/c17-13-7-10(9-20-12-3-4-12)1-6-15(13)21-16-8-11(18)2-5-14(16)19/h1-2,5-8,12,20H,3-4,9H2. The van der Waals surface area contributed by atoms with Crippen molar-refractivity contribution in [1.29, 1.82) is 0 Å². The van der Waals surface area contributed by atoms with E-state index in [0.717, 1.165) is 31.9 Å². The van der Waals surface area contributed by atoms with Crippen molar-refractivity contribution in [2.24, 2.45) is 0 Å². The van der Waals surface area contributed by atoms with Gasteiger partial charge in [0.2, 0.25) is 0 Å². The van der Waals surface area contributed by atoms with E-state index in [1.165, 1.54) is 18.4 Å². The summed E-state index contributed by atoms with van der Waals surface area (Å²) in [5, 5.41) is 4.94. The SMILES string of the molecule is Clc1ccc(Cl)c(Sc2ccc(CNC3CC3)cc2Br)c1. The molecule has 0 aliphatic heterocycles. The third-order valence-corrected chi connectivity index (χ3v) is 6.01. The predicted molar refractivity (Wildman–Crippen MR) is 94.6 cm³/mol. The van der Waals surface area contributed by atoms with E-state index in [1.807, 2.05) is 12.1 Å². The van der Waals surface area contributed by atoms with Crippen LogP contribution in [0.2, 0.25) is 10.0 Å². The smallest absolute Gasteiger partial charge is 0.0546 e. The lowest BCUT2D eigenvalue weighted by Crippen LogP contribution is -2.15. The minimum absolute atomic E-state index is 0.697. The molecule has 2 aromatic carbocycles. The number of rotatable bonds is 5. The lowest BCUT2D eigenvalue weighted by molar-refractivity contribution is 0.687. The van der Waals surface area contributed by atoms with Crippen molar-refractivity contribution in [1.82, 2.24) is 5.32 Å². The molecule has 1 nitrogen and oxygen atoms in total. The fraction of sp³-hybridized carbons (Fsp3) is 0.250. The molecule has 0 atom stereocenters. The maximum atomic E-state index is 6.22. The summed E-state index contributed by atoms with van der Waals surface area (Å²) in [5.74, 6) is 0. The van der Waals surface area contributed by atoms with E-state index in [-0.39, 0.29) is 0 Å². The van der Waals surface area contributed by atoms with Gasteiger partial charge in [0.1, 0.15) is 0 Å². The summed E-state index contributed by atoms with van der Waals surface area (Å²) in [6.45, 7) is 0.923. The molecule has 1 aliphatic rings. The van der Waals surface area contributed by atoms with Crippen LogP contribution in [0.15, 0.2) is 50.7 Å². The van der Waals surface area contributed by atoms with Gasteiger partial charge in [-0.1, -0.05) is 41.0 Å². The molecule has 0 saturated heterocycles. The molecule has 2 aromatic rings. The highest BCUT2D eigenvalue weighted by atomic mass is 79.9. The summed E-state index contributed by atoms with van der Waals surface area (Å²) in [6.07, 6.45) is 2.62. The zero-order chi connectivity index (χ0) is 14.8. The van der Waals surface area contributed by atoms with E-state index >= 15 is 0 Å². The maximum Gasteiger partial charge on any atom is 0.0546 e. The Morgan fingerprint density at radius 1 is 1.10 bits per heavy atom. The number of hydrogen-bond acceptors (Lipinski definition) is 2. The van der Waals surface area contributed by atoms with Crippen LogP contribution in [0.4, 0.5) is 0 Å². The molecule has 1 aliphatic carbocycles. The fourth-order valence-corrected chi connectivity index (χ4v) is 3.98. The van der Waals surface area contributed by atoms with Gasteiger partial charge in [-0.3, -0.25) is 0 Å². The Kier molecular flexibility index (Phi) is 5.18. The van der Waals surface area contributed by atoms with Crippen LogP contribution in [0.5, 0.6) is 0 Å². The minimum Gasteiger partial charge on any atom is -0.310 e. The van der Waals surface area contributed by atoms with Crippen LogP contribution >= 0.6 is 50.9 Å². The molecule has 0 amide bonds. The quantitative estimate of drug-likeness (QED) is 0.642. The molecule has 110 valence electrons. The van der Waals surface area contributed by atoms with Crippen molar-refractivity contribution in [3.05, 3.63) is 56.5 Å². The largest absolute Gasteiger partial charge is 0.310 e. The Bertz CT molecular complexity index is 659. The number of benzene rings is 2. The molecule has 21 heavy (non-hydrogen) atoms. The summed E-state index contributed by atoms with van der Waals surface area (Å²) < 4.78 is 1.08. The normalized spacial score (nSPS) is 14.4. The van der Waals surface area contributed by atoms with Gasteiger partial charge in [0.15, 0.2) is 0 Å². The molecule has 1 N–H and O–H groups in total. The molecule has 0 heterocycles. The van der Waals surface area contributed by atoms with E-state index in [9.17, 15) is 0 Å². The molecule has 0 aromatic heterocycles. The first-order valence-corrected chi connectivity index (χ1v) is 9.13. The Morgan fingerprint density at radius 2 is 1.90 bits per heavy atom. The van der Waals surface area contributed by atoms with Gasteiger partial charge in [0.05, 0.1) is 5.02 Å². The van der Waals surface area contributed by atoms with Crippen molar-refractivity contribution in [3.8, 4) is 0 Å². The van der Waals surface area contributed by atoms with Crippen LogP contribution in [-0.2, 0) is 6.54 Å². The Labute approximate surface area is 147 Å². The number of nitrogens with one attached hydrogen (secondary N) is 1. The van der Waals surface area contributed by atoms with Crippen molar-refractivity contribution in [2.45, 2.75) is 35.2 Å². The van der Waals surface area contributed by atoms with Gasteiger partial charge in [0.25, 0.3) is 0 Å². The van der Waals surface area contributed by atoms with Crippen LogP contribution in [0.1, 0.15) is 18.4 Å². The Balaban J connectivity index is 1.74. The molecule has 0 spiro atoms. The fourth-order valence-electron chi connectivity index (χ4n) is 1.96. The second-order valence-electron chi connectivity index (χ2n) is 5.10. The van der Waals surface area contributed by atoms with Crippen molar-refractivity contribution in [2.75, 3.05) is 0 Å². The highest BCUT2D eigenvalue weighted by molar-refractivity contribution is 9.10. The first kappa shape index (κ1) is 15.7. The number of hydrogen-bond donors (Lipinski definition) is 1. The van der Waals surface area contributed by atoms with E-state index in [4.69, 9.17) is 23.2 Å². The highest BCUT2D eigenvalue weighted by Gasteiger charge is 2.20. The monoisotopic (exact) mass is 401 g/mol. The minimum atomic E-state index is 0.697. The highest BCUT2D eigenvalue weighted by Crippen LogP contribution is 2.38. The molecule has 1 saturated carbocycles. The van der Waals surface area contributed by atoms with Gasteiger partial charge < -0.3 is 5.32 Å². The first-order chi connectivity index (χ1) is 10.1. The van der Waals surface area contributed by atoms with Crippen LogP contribution in [-0.4, -0.2) is 6.04 Å². The third-order valence-electron chi connectivity index (χ3n) is 3.28. The average molecular weight is 403 g/mol. The molecule has 0 bridgehead atoms. The van der Waals surface area contributed by atoms with Gasteiger partial charge >= 0.3 is 0 Å². The van der Waals surface area contributed by atoms with E-state index in [0.29, 0.717) is 5.02 Å². The van der Waals surface area contributed by atoms with Crippen molar-refractivity contribution in [3.63, 3.8) is 0 Å². The molecular weight excluding hydrogens is 389 g/mol. The lowest BCUT2D eigenvalue weighted by Gasteiger charge is -2.09. The van der Waals surface area contributed by atoms with Gasteiger partial charge in [-0.2, -0.15) is 0 Å². The Hall–Kier alpha value is -0.190. The molecule has 5 heteroatoms. The van der Waals surface area contributed by atoms with E-state index in [2.05, 4.69) is 39.4 Å². The summed E-state index contributed by atoms with van der Waals surface area (Å²) in [5.41, 5.74) is 1.29. The predicted octanol–water partition coefficient (Wildman–Crippen LogP) is 6.16. The third kappa shape index (κ3) is 4.40. The van der Waals surface area contributed by atoms with Crippen molar-refractivity contribution < 1.29 is 0 Å². The zero-order valence-electron chi connectivity index (χ0n) is 11.2. The average Bonchev–Trinajstić information content (AvgIpc) is 3.27. The molecule has 0 radical (unpaired) electrons. The van der Waals surface area contributed by atoms with Gasteiger partial charge in [-0.05, 0) is 64.7 Å². The Morgan fingerprint density at radius 3 is 2.62 bits per heavy atom. The van der Waals surface area contributed by atoms with E-state index < -0.39 is 0 Å². The number of halogens is 3. The summed E-state index contributed by atoms with van der Waals surface area (Å²) in [7, 11) is 0. The van der Waals surface area contributed by atoms with Gasteiger partial charge in [-0.25, -0.2) is 0 Å². The second-order valence-corrected chi connectivity index (χ2v) is 7.88. The van der Waals surface area contributed by atoms with Crippen LogP contribution in [0.25, 0.3) is 0 Å². The summed E-state index contributed by atoms with van der Waals surface area (Å²) in [6, 6.07) is 12.7. The topological polar surface area (TPSA) is 12.0 Å². The molecule has 0 unspecified atom stereocenters. The van der Waals surface area contributed by atoms with Gasteiger partial charge in [-0.15, -0.1) is 0 Å².